The number of ether oxygens (including phenoxy) is 1. The highest BCUT2D eigenvalue weighted by Gasteiger charge is 2.43. The molecule has 3 aliphatic rings. The van der Waals surface area contributed by atoms with E-state index in [2.05, 4.69) is 26.6 Å². The molecule has 0 saturated carbocycles. The summed E-state index contributed by atoms with van der Waals surface area (Å²) in [6, 6.07) is 8.29. The Balaban J connectivity index is 1.50. The van der Waals surface area contributed by atoms with E-state index in [1.807, 2.05) is 25.3 Å². The van der Waals surface area contributed by atoms with E-state index < -0.39 is 6.04 Å². The number of benzene rings is 1. The van der Waals surface area contributed by atoms with Crippen LogP contribution in [0.15, 0.2) is 29.6 Å². The van der Waals surface area contributed by atoms with Gasteiger partial charge in [0.1, 0.15) is 16.7 Å². The number of rotatable bonds is 5. The molecule has 184 valence electrons. The van der Waals surface area contributed by atoms with E-state index in [0.29, 0.717) is 31.1 Å². The summed E-state index contributed by atoms with van der Waals surface area (Å²) in [5.74, 6) is 1.27. The second-order valence-electron chi connectivity index (χ2n) is 9.63. The van der Waals surface area contributed by atoms with Crippen LogP contribution < -0.4 is 20.9 Å². The number of nitrogens with zero attached hydrogens (tertiary/aromatic N) is 4. The Labute approximate surface area is 213 Å². The normalized spacial score (nSPS) is 26.5. The average Bonchev–Trinajstić information content (AvgIpc) is 3.41. The predicted octanol–water partition coefficient (Wildman–Crippen LogP) is 3.42. The van der Waals surface area contributed by atoms with Crippen LogP contribution in [0.2, 0.25) is 5.02 Å². The lowest BCUT2D eigenvalue weighted by Crippen LogP contribution is -2.56. The first-order valence-electron chi connectivity index (χ1n) is 12.2. The SMILES string of the molecule is COC1CC2CCC(C1)N2c1nc(N2CCNC(C(N)=O)C2)nc2scc(-c3ccccc3Cl)c12. The number of thiophene rings is 1. The maximum atomic E-state index is 11.9. The third-order valence-corrected chi connectivity index (χ3v) is 8.84. The van der Waals surface area contributed by atoms with E-state index in [4.69, 9.17) is 32.0 Å². The molecule has 3 aliphatic heterocycles. The van der Waals surface area contributed by atoms with Gasteiger partial charge in [-0.05, 0) is 31.7 Å². The number of primary amides is 1. The Bertz CT molecular complexity index is 1250. The number of hydrogen-bond donors (Lipinski definition) is 2. The van der Waals surface area contributed by atoms with Gasteiger partial charge in [0.25, 0.3) is 0 Å². The van der Waals surface area contributed by atoms with Crippen LogP contribution >= 0.6 is 22.9 Å². The average molecular weight is 513 g/mol. The van der Waals surface area contributed by atoms with Crippen molar-refractivity contribution >= 4 is 50.8 Å². The van der Waals surface area contributed by atoms with Crippen LogP contribution in [0.4, 0.5) is 11.8 Å². The van der Waals surface area contributed by atoms with Gasteiger partial charge in [-0.3, -0.25) is 4.79 Å². The van der Waals surface area contributed by atoms with Crippen molar-refractivity contribution in [2.24, 2.45) is 5.73 Å². The van der Waals surface area contributed by atoms with Crippen LogP contribution in [0.3, 0.4) is 0 Å². The number of aromatic nitrogens is 2. The number of amides is 1. The standard InChI is InChI=1S/C25H29ClN6O2S/c1-34-16-10-14-6-7-15(11-16)32(14)23-21-18(17-4-2-3-5-19(17)26)13-35-24(21)30-25(29-23)31-9-8-28-20(12-31)22(27)33/h2-5,13-16,20,28H,6-12H2,1H3,(H2,27,33). The molecule has 5 heterocycles. The van der Waals surface area contributed by atoms with E-state index in [-0.39, 0.29) is 12.0 Å². The molecule has 3 unspecified atom stereocenters. The summed E-state index contributed by atoms with van der Waals surface area (Å²) < 4.78 is 5.76. The zero-order valence-corrected chi connectivity index (χ0v) is 21.2. The molecule has 3 fully saturated rings. The number of carbonyl (C=O) groups excluding carboxylic acids is 1. The minimum Gasteiger partial charge on any atom is -0.381 e. The molecule has 3 atom stereocenters. The molecule has 6 rings (SSSR count). The maximum Gasteiger partial charge on any atom is 0.236 e. The molecule has 0 spiro atoms. The molecular formula is C25H29ClN6O2S. The first-order valence-corrected chi connectivity index (χ1v) is 13.4. The molecule has 3 saturated heterocycles. The van der Waals surface area contributed by atoms with Gasteiger partial charge in [-0.25, -0.2) is 4.98 Å². The van der Waals surface area contributed by atoms with Gasteiger partial charge >= 0.3 is 0 Å². The number of nitrogens with one attached hydrogen (secondary N) is 1. The van der Waals surface area contributed by atoms with Crippen LogP contribution in [-0.2, 0) is 9.53 Å². The fourth-order valence-electron chi connectivity index (χ4n) is 5.91. The first kappa shape index (κ1) is 23.0. The molecule has 0 aliphatic carbocycles. The smallest absolute Gasteiger partial charge is 0.236 e. The summed E-state index contributed by atoms with van der Waals surface area (Å²) in [4.78, 5) is 27.6. The molecule has 2 aromatic heterocycles. The van der Waals surface area contributed by atoms with Crippen molar-refractivity contribution in [2.75, 3.05) is 36.5 Å². The minimum atomic E-state index is -0.415. The highest BCUT2D eigenvalue weighted by Crippen LogP contribution is 2.47. The number of nitrogens with two attached hydrogens (primary N) is 1. The van der Waals surface area contributed by atoms with Gasteiger partial charge in [0.05, 0.1) is 11.5 Å². The van der Waals surface area contributed by atoms with Crippen molar-refractivity contribution in [1.29, 1.82) is 0 Å². The molecule has 10 heteroatoms. The summed E-state index contributed by atoms with van der Waals surface area (Å²) in [7, 11) is 1.81. The predicted molar refractivity (Wildman–Crippen MR) is 140 cm³/mol. The second-order valence-corrected chi connectivity index (χ2v) is 10.9. The summed E-state index contributed by atoms with van der Waals surface area (Å²) in [6.07, 6.45) is 4.55. The van der Waals surface area contributed by atoms with Crippen molar-refractivity contribution in [1.82, 2.24) is 15.3 Å². The molecule has 3 aromatic rings. The topological polar surface area (TPSA) is 96.6 Å². The highest BCUT2D eigenvalue weighted by molar-refractivity contribution is 7.17. The van der Waals surface area contributed by atoms with Crippen LogP contribution in [0.5, 0.6) is 0 Å². The van der Waals surface area contributed by atoms with E-state index >= 15 is 0 Å². The summed E-state index contributed by atoms with van der Waals surface area (Å²) in [5.41, 5.74) is 7.66. The first-order chi connectivity index (χ1) is 17.0. The van der Waals surface area contributed by atoms with Gasteiger partial charge in [0.15, 0.2) is 0 Å². The lowest BCUT2D eigenvalue weighted by atomic mass is 9.98. The van der Waals surface area contributed by atoms with Crippen molar-refractivity contribution in [3.05, 3.63) is 34.7 Å². The van der Waals surface area contributed by atoms with Crippen molar-refractivity contribution in [3.8, 4) is 11.1 Å². The monoisotopic (exact) mass is 512 g/mol. The lowest BCUT2D eigenvalue weighted by Gasteiger charge is -2.40. The van der Waals surface area contributed by atoms with Crippen molar-refractivity contribution < 1.29 is 9.53 Å². The minimum absolute atomic E-state index is 0.288. The van der Waals surface area contributed by atoms with Crippen LogP contribution in [0.25, 0.3) is 21.3 Å². The van der Waals surface area contributed by atoms with E-state index in [0.717, 1.165) is 64.4 Å². The highest BCUT2D eigenvalue weighted by atomic mass is 35.5. The summed E-state index contributed by atoms with van der Waals surface area (Å²) in [5, 5.41) is 7.11. The van der Waals surface area contributed by atoms with Crippen molar-refractivity contribution in [3.63, 3.8) is 0 Å². The number of anilines is 2. The van der Waals surface area contributed by atoms with Crippen LogP contribution in [-0.4, -0.2) is 66.8 Å². The fourth-order valence-corrected chi connectivity index (χ4v) is 7.07. The van der Waals surface area contributed by atoms with Gasteiger partial charge in [-0.2, -0.15) is 4.98 Å². The van der Waals surface area contributed by atoms with Gasteiger partial charge < -0.3 is 25.6 Å². The molecule has 35 heavy (non-hydrogen) atoms. The van der Waals surface area contributed by atoms with Gasteiger partial charge in [0.2, 0.25) is 11.9 Å². The summed E-state index contributed by atoms with van der Waals surface area (Å²) >= 11 is 8.25. The Hall–Kier alpha value is -2.46. The zero-order valence-electron chi connectivity index (χ0n) is 19.6. The van der Waals surface area contributed by atoms with E-state index in [1.54, 1.807) is 11.3 Å². The number of piperazine rings is 1. The third kappa shape index (κ3) is 4.04. The number of methoxy groups -OCH3 is 1. The summed E-state index contributed by atoms with van der Waals surface area (Å²) in [6.45, 7) is 1.84. The van der Waals surface area contributed by atoms with Crippen LogP contribution in [0.1, 0.15) is 25.7 Å². The number of carbonyl (C=O) groups is 1. The molecule has 3 N–H and O–H groups in total. The Kier molecular flexibility index (Phi) is 6.04. The largest absolute Gasteiger partial charge is 0.381 e. The van der Waals surface area contributed by atoms with Gasteiger partial charge in [0, 0.05) is 60.4 Å². The quantitative estimate of drug-likeness (QED) is 0.540. The fraction of sp³-hybridized carbons (Fsp3) is 0.480. The third-order valence-electron chi connectivity index (χ3n) is 7.64. The number of halogens is 1. The van der Waals surface area contributed by atoms with E-state index in [9.17, 15) is 4.79 Å². The molecule has 1 aromatic carbocycles. The van der Waals surface area contributed by atoms with Crippen LogP contribution in [0, 0.1) is 0 Å². The number of piperidine rings is 1. The number of fused-ring (bicyclic) bond motifs is 3. The molecule has 8 nitrogen and oxygen atoms in total. The van der Waals surface area contributed by atoms with Gasteiger partial charge in [-0.15, -0.1) is 11.3 Å². The maximum absolute atomic E-state index is 11.9. The van der Waals surface area contributed by atoms with Crippen molar-refractivity contribution in [2.45, 2.75) is 49.9 Å². The number of hydrogen-bond acceptors (Lipinski definition) is 8. The van der Waals surface area contributed by atoms with Gasteiger partial charge in [-0.1, -0.05) is 29.8 Å². The Morgan fingerprint density at radius 1 is 1.20 bits per heavy atom. The lowest BCUT2D eigenvalue weighted by molar-refractivity contribution is -0.120. The Morgan fingerprint density at radius 3 is 2.69 bits per heavy atom. The molecule has 1 amide bonds. The second kappa shape index (κ2) is 9.20. The molecule has 0 radical (unpaired) electrons. The molecular weight excluding hydrogens is 484 g/mol. The molecule has 2 bridgehead atoms. The van der Waals surface area contributed by atoms with E-state index in [1.165, 1.54) is 0 Å². The Morgan fingerprint density at radius 2 is 1.97 bits per heavy atom. The zero-order chi connectivity index (χ0) is 24.1.